The van der Waals surface area contributed by atoms with E-state index in [9.17, 15) is 4.79 Å². The first-order valence-electron chi connectivity index (χ1n) is 3.25. The quantitative estimate of drug-likeness (QED) is 0.600. The molecule has 0 atom stereocenters. The van der Waals surface area contributed by atoms with Gasteiger partial charge < -0.3 is 4.42 Å². The van der Waals surface area contributed by atoms with Gasteiger partial charge in [0.1, 0.15) is 5.76 Å². The zero-order valence-corrected chi connectivity index (χ0v) is 6.77. The maximum atomic E-state index is 10.8. The molecule has 3 heteroatoms. The van der Waals surface area contributed by atoms with Crippen LogP contribution >= 0.6 is 11.3 Å². The maximum Gasteiger partial charge on any atom is 0.336 e. The van der Waals surface area contributed by atoms with E-state index in [1.807, 2.05) is 11.4 Å². The number of hydrogen-bond donors (Lipinski definition) is 0. The standard InChI is InChI=1S/C8H6O2S/c1-5-8-6(2-3-11-8)4-7(9)10-5/h2-4H,1H3. The van der Waals surface area contributed by atoms with E-state index in [-0.39, 0.29) is 5.63 Å². The molecule has 56 valence electrons. The second-order valence-corrected chi connectivity index (χ2v) is 3.24. The van der Waals surface area contributed by atoms with Gasteiger partial charge in [-0.1, -0.05) is 0 Å². The Morgan fingerprint density at radius 2 is 2.36 bits per heavy atom. The highest BCUT2D eigenvalue weighted by molar-refractivity contribution is 7.17. The molecule has 0 aliphatic heterocycles. The molecule has 0 amide bonds. The zero-order chi connectivity index (χ0) is 7.84. The Labute approximate surface area is 67.1 Å². The smallest absolute Gasteiger partial charge is 0.336 e. The molecule has 0 bridgehead atoms. The van der Waals surface area contributed by atoms with Gasteiger partial charge in [-0.3, -0.25) is 0 Å². The monoisotopic (exact) mass is 166 g/mol. The lowest BCUT2D eigenvalue weighted by molar-refractivity contribution is 0.489. The van der Waals surface area contributed by atoms with Gasteiger partial charge in [-0.25, -0.2) is 4.79 Å². The Balaban J connectivity index is 3.02. The van der Waals surface area contributed by atoms with Crippen molar-refractivity contribution in [3.8, 4) is 0 Å². The molecule has 2 rings (SSSR count). The Kier molecular flexibility index (Phi) is 1.32. The second kappa shape index (κ2) is 2.20. The van der Waals surface area contributed by atoms with Gasteiger partial charge in [0.15, 0.2) is 0 Å². The molecule has 0 saturated heterocycles. The van der Waals surface area contributed by atoms with Crippen LogP contribution in [0.3, 0.4) is 0 Å². The molecule has 2 nitrogen and oxygen atoms in total. The molecule has 0 aromatic carbocycles. The van der Waals surface area contributed by atoms with Crippen molar-refractivity contribution in [2.75, 3.05) is 0 Å². The first-order chi connectivity index (χ1) is 5.27. The predicted octanol–water partition coefficient (Wildman–Crippen LogP) is 2.16. The summed E-state index contributed by atoms with van der Waals surface area (Å²) in [7, 11) is 0. The largest absolute Gasteiger partial charge is 0.427 e. The third-order valence-corrected chi connectivity index (χ3v) is 2.57. The minimum absolute atomic E-state index is 0.270. The van der Waals surface area contributed by atoms with Gasteiger partial charge in [-0.05, 0) is 18.4 Å². The van der Waals surface area contributed by atoms with Crippen molar-refractivity contribution in [2.24, 2.45) is 0 Å². The van der Waals surface area contributed by atoms with E-state index in [1.165, 1.54) is 6.07 Å². The SMILES string of the molecule is Cc1oc(=O)cc2ccsc12. The van der Waals surface area contributed by atoms with Crippen molar-refractivity contribution in [3.05, 3.63) is 33.7 Å². The Morgan fingerprint density at radius 1 is 1.55 bits per heavy atom. The van der Waals surface area contributed by atoms with Gasteiger partial charge in [0.25, 0.3) is 0 Å². The van der Waals surface area contributed by atoms with Gasteiger partial charge in [0.05, 0.1) is 4.70 Å². The van der Waals surface area contributed by atoms with E-state index in [4.69, 9.17) is 4.42 Å². The Bertz CT molecular complexity index is 439. The van der Waals surface area contributed by atoms with E-state index in [2.05, 4.69) is 0 Å². The average molecular weight is 166 g/mol. The van der Waals surface area contributed by atoms with Gasteiger partial charge in [-0.15, -0.1) is 11.3 Å². The van der Waals surface area contributed by atoms with Crippen LogP contribution in [0, 0.1) is 6.92 Å². The van der Waals surface area contributed by atoms with Crippen LogP contribution in [0.4, 0.5) is 0 Å². The molecule has 0 unspecified atom stereocenters. The van der Waals surface area contributed by atoms with Gasteiger partial charge >= 0.3 is 5.63 Å². The molecule has 0 fully saturated rings. The van der Waals surface area contributed by atoms with E-state index < -0.39 is 0 Å². The van der Waals surface area contributed by atoms with Crippen molar-refractivity contribution >= 4 is 21.4 Å². The lowest BCUT2D eigenvalue weighted by Gasteiger charge is -1.90. The lowest BCUT2D eigenvalue weighted by Crippen LogP contribution is -1.95. The van der Waals surface area contributed by atoms with Crippen LogP contribution in [0.25, 0.3) is 10.1 Å². The van der Waals surface area contributed by atoms with Crippen molar-refractivity contribution in [2.45, 2.75) is 6.92 Å². The van der Waals surface area contributed by atoms with Crippen LogP contribution in [-0.4, -0.2) is 0 Å². The highest BCUT2D eigenvalue weighted by Crippen LogP contribution is 2.21. The fourth-order valence-corrected chi connectivity index (χ4v) is 1.89. The number of fused-ring (bicyclic) bond motifs is 1. The van der Waals surface area contributed by atoms with E-state index in [1.54, 1.807) is 18.3 Å². The zero-order valence-electron chi connectivity index (χ0n) is 5.96. The summed E-state index contributed by atoms with van der Waals surface area (Å²) >= 11 is 1.59. The molecule has 2 aromatic rings. The van der Waals surface area contributed by atoms with Gasteiger partial charge in [0, 0.05) is 11.5 Å². The second-order valence-electron chi connectivity index (χ2n) is 2.33. The van der Waals surface area contributed by atoms with Crippen LogP contribution in [0.5, 0.6) is 0 Å². The average Bonchev–Trinajstić information content (AvgIpc) is 2.34. The van der Waals surface area contributed by atoms with E-state index in [0.717, 1.165) is 10.1 Å². The summed E-state index contributed by atoms with van der Waals surface area (Å²) in [6, 6.07) is 3.43. The summed E-state index contributed by atoms with van der Waals surface area (Å²) < 4.78 is 5.96. The Morgan fingerprint density at radius 3 is 3.18 bits per heavy atom. The van der Waals surface area contributed by atoms with E-state index in [0.29, 0.717) is 5.76 Å². The molecule has 0 aliphatic rings. The molecule has 2 aromatic heterocycles. The van der Waals surface area contributed by atoms with Crippen LogP contribution in [0.1, 0.15) is 5.76 Å². The summed E-state index contributed by atoms with van der Waals surface area (Å²) in [5.41, 5.74) is -0.270. The molecule has 0 aliphatic carbocycles. The van der Waals surface area contributed by atoms with Gasteiger partial charge in [0.2, 0.25) is 0 Å². The number of aryl methyl sites for hydroxylation is 1. The molecule has 0 saturated carbocycles. The third kappa shape index (κ3) is 0.973. The molecule has 0 spiro atoms. The van der Waals surface area contributed by atoms with Crippen LogP contribution < -0.4 is 5.63 Å². The summed E-state index contributed by atoms with van der Waals surface area (Å²) in [6.07, 6.45) is 0. The number of thiophene rings is 1. The molecule has 11 heavy (non-hydrogen) atoms. The van der Waals surface area contributed by atoms with Gasteiger partial charge in [-0.2, -0.15) is 0 Å². The normalized spacial score (nSPS) is 10.6. The highest BCUT2D eigenvalue weighted by Gasteiger charge is 2.00. The number of rotatable bonds is 0. The predicted molar refractivity (Wildman–Crippen MR) is 45.1 cm³/mol. The summed E-state index contributed by atoms with van der Waals surface area (Å²) in [5.74, 6) is 0.711. The minimum atomic E-state index is -0.270. The molecular formula is C8H6O2S. The Hall–Kier alpha value is -1.09. The van der Waals surface area contributed by atoms with Crippen molar-refractivity contribution in [1.82, 2.24) is 0 Å². The lowest BCUT2D eigenvalue weighted by atomic mass is 10.3. The van der Waals surface area contributed by atoms with Crippen LogP contribution in [0.15, 0.2) is 26.7 Å². The summed E-state index contributed by atoms with van der Waals surface area (Å²) in [6.45, 7) is 1.81. The summed E-state index contributed by atoms with van der Waals surface area (Å²) in [5, 5.41) is 2.93. The minimum Gasteiger partial charge on any atom is -0.427 e. The van der Waals surface area contributed by atoms with Crippen molar-refractivity contribution in [3.63, 3.8) is 0 Å². The molecule has 2 heterocycles. The molecule has 0 radical (unpaired) electrons. The fraction of sp³-hybridized carbons (Fsp3) is 0.125. The maximum absolute atomic E-state index is 10.8. The first-order valence-corrected chi connectivity index (χ1v) is 4.13. The molecular weight excluding hydrogens is 160 g/mol. The van der Waals surface area contributed by atoms with E-state index >= 15 is 0 Å². The van der Waals surface area contributed by atoms with Crippen molar-refractivity contribution in [1.29, 1.82) is 0 Å². The summed E-state index contributed by atoms with van der Waals surface area (Å²) in [4.78, 5) is 10.8. The molecule has 0 N–H and O–H groups in total. The first kappa shape index (κ1) is 6.61. The van der Waals surface area contributed by atoms with Crippen molar-refractivity contribution < 1.29 is 4.42 Å². The highest BCUT2D eigenvalue weighted by atomic mass is 32.1. The number of hydrogen-bond acceptors (Lipinski definition) is 3. The fourth-order valence-electron chi connectivity index (χ4n) is 1.07. The topological polar surface area (TPSA) is 30.2 Å². The third-order valence-electron chi connectivity index (χ3n) is 1.54. The van der Waals surface area contributed by atoms with Crippen LogP contribution in [0.2, 0.25) is 0 Å². The van der Waals surface area contributed by atoms with Crippen LogP contribution in [-0.2, 0) is 0 Å².